The zero-order valence-corrected chi connectivity index (χ0v) is 12.6. The summed E-state index contributed by atoms with van der Waals surface area (Å²) in [4.78, 5) is 15.6. The van der Waals surface area contributed by atoms with Crippen LogP contribution in [0.2, 0.25) is 0 Å². The van der Waals surface area contributed by atoms with Crippen molar-refractivity contribution in [2.75, 3.05) is 6.54 Å². The molecule has 0 fully saturated rings. The SMILES string of the molecule is O=C(NCc1ccc2[nH]c3c(c2c1)CCCC3)[C@@H]1C=CCN1. The topological polar surface area (TPSA) is 56.9 Å². The third kappa shape index (κ3) is 2.44. The Morgan fingerprint density at radius 3 is 3.05 bits per heavy atom. The summed E-state index contributed by atoms with van der Waals surface area (Å²) in [6.07, 6.45) is 8.80. The van der Waals surface area contributed by atoms with Gasteiger partial charge in [0.1, 0.15) is 6.04 Å². The van der Waals surface area contributed by atoms with Crippen molar-refractivity contribution in [2.24, 2.45) is 0 Å². The predicted molar refractivity (Wildman–Crippen MR) is 87.7 cm³/mol. The van der Waals surface area contributed by atoms with Gasteiger partial charge in [-0.1, -0.05) is 18.2 Å². The average molecular weight is 295 g/mol. The lowest BCUT2D eigenvalue weighted by molar-refractivity contribution is -0.122. The molecule has 2 aliphatic rings. The third-order valence-corrected chi connectivity index (χ3v) is 4.70. The first-order valence-electron chi connectivity index (χ1n) is 8.11. The maximum absolute atomic E-state index is 12.0. The van der Waals surface area contributed by atoms with Crippen molar-refractivity contribution in [3.05, 3.63) is 47.2 Å². The van der Waals surface area contributed by atoms with Gasteiger partial charge in [-0.15, -0.1) is 0 Å². The number of fused-ring (bicyclic) bond motifs is 3. The minimum Gasteiger partial charge on any atom is -0.358 e. The van der Waals surface area contributed by atoms with Gasteiger partial charge >= 0.3 is 0 Å². The van der Waals surface area contributed by atoms with Crippen molar-refractivity contribution in [1.29, 1.82) is 0 Å². The minimum absolute atomic E-state index is 0.0462. The highest BCUT2D eigenvalue weighted by Gasteiger charge is 2.18. The van der Waals surface area contributed by atoms with Gasteiger partial charge in [-0.3, -0.25) is 10.1 Å². The lowest BCUT2D eigenvalue weighted by Crippen LogP contribution is -2.40. The summed E-state index contributed by atoms with van der Waals surface area (Å²) in [6, 6.07) is 6.29. The molecule has 0 spiro atoms. The Balaban J connectivity index is 1.52. The number of amides is 1. The van der Waals surface area contributed by atoms with E-state index >= 15 is 0 Å². The summed E-state index contributed by atoms with van der Waals surface area (Å²) in [6.45, 7) is 1.36. The fourth-order valence-electron chi connectivity index (χ4n) is 3.51. The van der Waals surface area contributed by atoms with E-state index in [2.05, 4.69) is 33.8 Å². The zero-order valence-electron chi connectivity index (χ0n) is 12.6. The number of nitrogens with one attached hydrogen (secondary N) is 3. The molecule has 3 N–H and O–H groups in total. The first kappa shape index (κ1) is 13.6. The van der Waals surface area contributed by atoms with Gasteiger partial charge in [-0.05, 0) is 48.9 Å². The van der Waals surface area contributed by atoms with Gasteiger partial charge in [0.2, 0.25) is 5.91 Å². The van der Waals surface area contributed by atoms with Crippen LogP contribution in [0.5, 0.6) is 0 Å². The molecule has 1 aliphatic heterocycles. The molecule has 1 atom stereocenters. The standard InChI is InChI=1S/C18H21N3O/c22-18(17-6-3-9-19-17)20-11-12-7-8-16-14(10-12)13-4-1-2-5-15(13)21-16/h3,6-8,10,17,19,21H,1-2,4-5,9,11H2,(H,20,22)/t17-/m0/s1. The van der Waals surface area contributed by atoms with E-state index < -0.39 is 0 Å². The fraction of sp³-hybridized carbons (Fsp3) is 0.389. The molecular formula is C18H21N3O. The molecule has 4 rings (SSSR count). The Hall–Kier alpha value is -2.07. The van der Waals surface area contributed by atoms with Crippen LogP contribution in [0.1, 0.15) is 29.7 Å². The Kier molecular flexibility index (Phi) is 3.47. The van der Waals surface area contributed by atoms with E-state index in [-0.39, 0.29) is 11.9 Å². The average Bonchev–Trinajstić information content (AvgIpc) is 3.20. The van der Waals surface area contributed by atoms with Crippen LogP contribution in [-0.4, -0.2) is 23.5 Å². The van der Waals surface area contributed by atoms with Crippen molar-refractivity contribution < 1.29 is 4.79 Å². The first-order chi connectivity index (χ1) is 10.8. The Morgan fingerprint density at radius 1 is 1.27 bits per heavy atom. The van der Waals surface area contributed by atoms with E-state index in [9.17, 15) is 4.79 Å². The highest BCUT2D eigenvalue weighted by molar-refractivity contribution is 5.86. The number of aromatic nitrogens is 1. The molecule has 0 radical (unpaired) electrons. The normalized spacial score (nSPS) is 20.3. The van der Waals surface area contributed by atoms with Gasteiger partial charge in [-0.2, -0.15) is 0 Å². The second kappa shape index (κ2) is 5.61. The van der Waals surface area contributed by atoms with Crippen molar-refractivity contribution in [3.63, 3.8) is 0 Å². The molecule has 4 nitrogen and oxygen atoms in total. The number of aryl methyl sites for hydroxylation is 2. The molecule has 0 saturated carbocycles. The van der Waals surface area contributed by atoms with Crippen LogP contribution in [0.15, 0.2) is 30.4 Å². The molecule has 2 aromatic rings. The van der Waals surface area contributed by atoms with Crippen LogP contribution in [0.25, 0.3) is 10.9 Å². The van der Waals surface area contributed by atoms with Gasteiger partial charge in [0.15, 0.2) is 0 Å². The summed E-state index contributed by atoms with van der Waals surface area (Å²) in [5.41, 5.74) is 5.27. The van der Waals surface area contributed by atoms with Gasteiger partial charge in [0, 0.05) is 29.7 Å². The van der Waals surface area contributed by atoms with Crippen molar-refractivity contribution in [2.45, 2.75) is 38.3 Å². The molecule has 1 aromatic carbocycles. The number of carbonyl (C=O) groups excluding carboxylic acids is 1. The molecule has 1 amide bonds. The molecule has 114 valence electrons. The predicted octanol–water partition coefficient (Wildman–Crippen LogP) is 2.19. The van der Waals surface area contributed by atoms with E-state index in [1.165, 1.54) is 41.4 Å². The smallest absolute Gasteiger partial charge is 0.241 e. The summed E-state index contributed by atoms with van der Waals surface area (Å²) in [7, 11) is 0. The molecule has 4 heteroatoms. The second-order valence-corrected chi connectivity index (χ2v) is 6.20. The third-order valence-electron chi connectivity index (χ3n) is 4.70. The molecule has 22 heavy (non-hydrogen) atoms. The minimum atomic E-state index is -0.177. The monoisotopic (exact) mass is 295 g/mol. The summed E-state index contributed by atoms with van der Waals surface area (Å²) < 4.78 is 0. The van der Waals surface area contributed by atoms with E-state index in [0.29, 0.717) is 6.54 Å². The summed E-state index contributed by atoms with van der Waals surface area (Å²) in [5, 5.41) is 7.48. The molecule has 0 saturated heterocycles. The molecule has 0 unspecified atom stereocenters. The van der Waals surface area contributed by atoms with E-state index in [1.807, 2.05) is 12.2 Å². The number of H-pyrrole nitrogens is 1. The van der Waals surface area contributed by atoms with Crippen LogP contribution in [0, 0.1) is 0 Å². The van der Waals surface area contributed by atoms with Crippen LogP contribution < -0.4 is 10.6 Å². The number of hydrogen-bond donors (Lipinski definition) is 3. The van der Waals surface area contributed by atoms with Gasteiger partial charge in [0.05, 0.1) is 0 Å². The lowest BCUT2D eigenvalue weighted by Gasteiger charge is -2.12. The molecule has 2 heterocycles. The van der Waals surface area contributed by atoms with Crippen LogP contribution in [-0.2, 0) is 24.2 Å². The number of rotatable bonds is 3. The highest BCUT2D eigenvalue weighted by atomic mass is 16.2. The Morgan fingerprint density at radius 2 is 2.18 bits per heavy atom. The van der Waals surface area contributed by atoms with Crippen molar-refractivity contribution >= 4 is 16.8 Å². The number of hydrogen-bond acceptors (Lipinski definition) is 2. The van der Waals surface area contributed by atoms with Gasteiger partial charge < -0.3 is 10.3 Å². The number of benzene rings is 1. The quantitative estimate of drug-likeness (QED) is 0.760. The zero-order chi connectivity index (χ0) is 14.9. The maximum atomic E-state index is 12.0. The Labute approximate surface area is 130 Å². The summed E-state index contributed by atoms with van der Waals surface area (Å²) >= 11 is 0. The molecular weight excluding hydrogens is 274 g/mol. The van der Waals surface area contributed by atoms with E-state index in [4.69, 9.17) is 0 Å². The highest BCUT2D eigenvalue weighted by Crippen LogP contribution is 2.29. The fourth-order valence-corrected chi connectivity index (χ4v) is 3.51. The molecule has 1 aromatic heterocycles. The van der Waals surface area contributed by atoms with Crippen LogP contribution in [0.3, 0.4) is 0 Å². The van der Waals surface area contributed by atoms with Crippen molar-refractivity contribution in [3.8, 4) is 0 Å². The molecule has 0 bridgehead atoms. The van der Waals surface area contributed by atoms with E-state index in [1.54, 1.807) is 0 Å². The lowest BCUT2D eigenvalue weighted by atomic mass is 9.95. The van der Waals surface area contributed by atoms with Gasteiger partial charge in [0.25, 0.3) is 0 Å². The molecule has 1 aliphatic carbocycles. The van der Waals surface area contributed by atoms with E-state index in [0.717, 1.165) is 18.5 Å². The van der Waals surface area contributed by atoms with Crippen LogP contribution in [0.4, 0.5) is 0 Å². The van der Waals surface area contributed by atoms with Crippen LogP contribution >= 0.6 is 0 Å². The Bertz CT molecular complexity index is 744. The second-order valence-electron chi connectivity index (χ2n) is 6.20. The summed E-state index contributed by atoms with van der Waals surface area (Å²) in [5.74, 6) is 0.0462. The first-order valence-corrected chi connectivity index (χ1v) is 8.11. The number of carbonyl (C=O) groups is 1. The largest absolute Gasteiger partial charge is 0.358 e. The van der Waals surface area contributed by atoms with Crippen molar-refractivity contribution in [1.82, 2.24) is 15.6 Å². The number of aromatic amines is 1. The maximum Gasteiger partial charge on any atom is 0.241 e. The van der Waals surface area contributed by atoms with Gasteiger partial charge in [-0.25, -0.2) is 0 Å².